The maximum absolute atomic E-state index is 11.6. The number of rotatable bonds is 5. The summed E-state index contributed by atoms with van der Waals surface area (Å²) in [6.45, 7) is 13.7. The quantitative estimate of drug-likeness (QED) is 0.343. The molecule has 1 heterocycles. The van der Waals surface area contributed by atoms with E-state index in [1.165, 1.54) is 0 Å². The van der Waals surface area contributed by atoms with Gasteiger partial charge >= 0.3 is 0 Å². The lowest BCUT2D eigenvalue weighted by Crippen LogP contribution is -2.48. The number of piperazine rings is 1. The fourth-order valence-electron chi connectivity index (χ4n) is 2.11. The summed E-state index contributed by atoms with van der Waals surface area (Å²) in [4.78, 5) is 16.5. The van der Waals surface area contributed by atoms with Gasteiger partial charge in [0.25, 0.3) is 0 Å². The fraction of sp³-hybridized carbons (Fsp3) is 0.786. The largest absolute Gasteiger partial charge is 0.339 e. The molecule has 0 radical (unpaired) electrons. The minimum Gasteiger partial charge on any atom is -0.339 e. The average molecular weight is 379 g/mol. The molecule has 4 nitrogen and oxygen atoms in total. The van der Waals surface area contributed by atoms with Gasteiger partial charge in [0, 0.05) is 44.8 Å². The minimum atomic E-state index is -0.192. The Morgan fingerprint density at radius 3 is 2.37 bits per heavy atom. The Morgan fingerprint density at radius 1 is 1.32 bits per heavy atom. The summed E-state index contributed by atoms with van der Waals surface area (Å²) in [6, 6.07) is 0.634. The maximum Gasteiger partial charge on any atom is 0.244 e. The molecule has 1 rings (SSSR count). The Labute approximate surface area is 130 Å². The molecule has 0 bridgehead atoms. The maximum atomic E-state index is 11.6. The van der Waals surface area contributed by atoms with Crippen LogP contribution in [-0.4, -0.2) is 58.0 Å². The van der Waals surface area contributed by atoms with Gasteiger partial charge in [-0.3, -0.25) is 14.6 Å². The molecular weight excluding hydrogens is 353 g/mol. The number of carbonyl (C=O) groups excluding carboxylic acids is 1. The molecule has 0 saturated carbocycles. The zero-order valence-electron chi connectivity index (χ0n) is 12.4. The van der Waals surface area contributed by atoms with E-state index >= 15 is 0 Å². The Morgan fingerprint density at radius 2 is 1.89 bits per heavy atom. The lowest BCUT2D eigenvalue weighted by molar-refractivity contribution is -0.117. The number of amides is 1. The van der Waals surface area contributed by atoms with Gasteiger partial charge in [-0.2, -0.15) is 0 Å². The monoisotopic (exact) mass is 379 g/mol. The number of carbonyl (C=O) groups is 1. The third-order valence-corrected chi connectivity index (χ3v) is 3.46. The van der Waals surface area contributed by atoms with Crippen LogP contribution in [0.4, 0.5) is 0 Å². The van der Waals surface area contributed by atoms with Crippen molar-refractivity contribution in [2.75, 3.05) is 32.7 Å². The highest BCUT2D eigenvalue weighted by atomic mass is 127. The van der Waals surface area contributed by atoms with E-state index in [2.05, 4.69) is 51.6 Å². The predicted molar refractivity (Wildman–Crippen MR) is 88.5 cm³/mol. The van der Waals surface area contributed by atoms with E-state index < -0.39 is 0 Å². The smallest absolute Gasteiger partial charge is 0.244 e. The molecule has 0 spiro atoms. The Bertz CT molecular complexity index is 315. The van der Waals surface area contributed by atoms with Crippen molar-refractivity contribution in [2.24, 2.45) is 0 Å². The van der Waals surface area contributed by atoms with Crippen molar-refractivity contribution in [3.63, 3.8) is 0 Å². The second-order valence-electron chi connectivity index (χ2n) is 5.79. The van der Waals surface area contributed by atoms with Crippen molar-refractivity contribution in [3.8, 4) is 0 Å². The van der Waals surface area contributed by atoms with Crippen LogP contribution in [0.1, 0.15) is 27.7 Å². The summed E-state index contributed by atoms with van der Waals surface area (Å²) in [5.74, 6) is -0.0137. The Hall–Kier alpha value is -0.140. The number of hydrogen-bond donors (Lipinski definition) is 1. The second-order valence-corrected chi connectivity index (χ2v) is 8.49. The Balaban J connectivity index is 2.25. The summed E-state index contributed by atoms with van der Waals surface area (Å²) in [6.07, 6.45) is 3.61. The van der Waals surface area contributed by atoms with Crippen molar-refractivity contribution >= 4 is 28.5 Å². The molecule has 1 fully saturated rings. The third kappa shape index (κ3) is 7.27. The van der Waals surface area contributed by atoms with Crippen LogP contribution in [0, 0.1) is 0 Å². The summed E-state index contributed by atoms with van der Waals surface area (Å²) >= 11 is 2.21. The van der Waals surface area contributed by atoms with Gasteiger partial charge in [-0.25, -0.2) is 0 Å². The fourth-order valence-corrected chi connectivity index (χ4v) is 2.37. The number of hydrogen-bond acceptors (Lipinski definition) is 3. The summed E-state index contributed by atoms with van der Waals surface area (Å²) in [7, 11) is 0. The van der Waals surface area contributed by atoms with Crippen molar-refractivity contribution in [3.05, 3.63) is 12.2 Å². The molecule has 0 aromatic heterocycles. The summed E-state index contributed by atoms with van der Waals surface area (Å²) < 4.78 is -0.192. The molecule has 1 aliphatic heterocycles. The number of halogens is 1. The van der Waals surface area contributed by atoms with Crippen molar-refractivity contribution < 1.29 is 4.79 Å². The van der Waals surface area contributed by atoms with Crippen molar-refractivity contribution in [2.45, 2.75) is 37.3 Å². The zero-order valence-corrected chi connectivity index (χ0v) is 14.6. The summed E-state index contributed by atoms with van der Waals surface area (Å²) in [5.41, 5.74) is 0. The van der Waals surface area contributed by atoms with E-state index in [1.54, 1.807) is 6.08 Å². The van der Waals surface area contributed by atoms with E-state index in [0.29, 0.717) is 6.04 Å². The van der Waals surface area contributed by atoms with Crippen LogP contribution < -0.4 is 5.32 Å². The molecule has 5 heteroatoms. The van der Waals surface area contributed by atoms with E-state index in [4.69, 9.17) is 0 Å². The molecule has 19 heavy (non-hydrogen) atoms. The normalized spacial score (nSPS) is 19.3. The van der Waals surface area contributed by atoms with Gasteiger partial charge in [-0.05, 0) is 27.7 Å². The van der Waals surface area contributed by atoms with Gasteiger partial charge < -0.3 is 5.32 Å². The van der Waals surface area contributed by atoms with Crippen molar-refractivity contribution in [1.29, 1.82) is 0 Å². The number of alkyl halides is 1. The molecule has 0 aliphatic carbocycles. The van der Waals surface area contributed by atoms with Crippen LogP contribution in [0.25, 0.3) is 0 Å². The molecule has 1 amide bonds. The first-order valence-corrected chi connectivity index (χ1v) is 8.00. The predicted octanol–water partition coefficient (Wildman–Crippen LogP) is 1.86. The highest BCUT2D eigenvalue weighted by molar-refractivity contribution is 14.1. The van der Waals surface area contributed by atoms with Gasteiger partial charge in [-0.1, -0.05) is 28.7 Å². The molecule has 110 valence electrons. The van der Waals surface area contributed by atoms with Crippen LogP contribution in [0.5, 0.6) is 0 Å². The summed E-state index contributed by atoms with van der Waals surface area (Å²) in [5, 5.41) is 2.91. The Kier molecular flexibility index (Phi) is 6.76. The first kappa shape index (κ1) is 16.9. The molecule has 1 saturated heterocycles. The standard InChI is InChI=1S/C14H26IN3O/c1-12(2)18-10-8-17(9-11-18)7-5-6-13(19)16-14(3,4)15/h5-6,12H,7-11H2,1-4H3,(H,16,19)/b6-5+. The van der Waals surface area contributed by atoms with E-state index in [0.717, 1.165) is 32.7 Å². The van der Waals surface area contributed by atoms with Gasteiger partial charge in [0.05, 0.1) is 3.55 Å². The van der Waals surface area contributed by atoms with Crippen LogP contribution >= 0.6 is 22.6 Å². The second kappa shape index (κ2) is 7.59. The van der Waals surface area contributed by atoms with Gasteiger partial charge in [0.1, 0.15) is 0 Å². The first-order valence-electron chi connectivity index (χ1n) is 6.92. The number of nitrogens with zero attached hydrogens (tertiary/aromatic N) is 2. The van der Waals surface area contributed by atoms with Crippen LogP contribution in [-0.2, 0) is 4.79 Å². The first-order chi connectivity index (χ1) is 8.78. The molecule has 0 aromatic rings. The average Bonchev–Trinajstić information content (AvgIpc) is 2.27. The van der Waals surface area contributed by atoms with Crippen LogP contribution in [0.15, 0.2) is 12.2 Å². The lowest BCUT2D eigenvalue weighted by atomic mass is 10.2. The molecule has 0 aromatic carbocycles. The molecule has 1 aliphatic rings. The number of nitrogens with one attached hydrogen (secondary N) is 1. The highest BCUT2D eigenvalue weighted by Gasteiger charge is 2.17. The minimum absolute atomic E-state index is 0.0137. The third-order valence-electron chi connectivity index (χ3n) is 3.19. The van der Waals surface area contributed by atoms with E-state index in [-0.39, 0.29) is 9.45 Å². The highest BCUT2D eigenvalue weighted by Crippen LogP contribution is 2.11. The van der Waals surface area contributed by atoms with E-state index in [1.807, 2.05) is 19.9 Å². The van der Waals surface area contributed by atoms with Crippen LogP contribution in [0.2, 0.25) is 0 Å². The van der Waals surface area contributed by atoms with E-state index in [9.17, 15) is 4.79 Å². The lowest BCUT2D eigenvalue weighted by Gasteiger charge is -2.36. The zero-order chi connectivity index (χ0) is 14.5. The molecule has 0 unspecified atom stereocenters. The van der Waals surface area contributed by atoms with Gasteiger partial charge in [0.15, 0.2) is 0 Å². The van der Waals surface area contributed by atoms with Crippen molar-refractivity contribution in [1.82, 2.24) is 15.1 Å². The van der Waals surface area contributed by atoms with Gasteiger partial charge in [0.2, 0.25) is 5.91 Å². The molecule has 1 N–H and O–H groups in total. The SMILES string of the molecule is CC(C)N1CCN(C/C=C/C(=O)NC(C)(C)I)CC1. The molecule has 0 atom stereocenters. The van der Waals surface area contributed by atoms with Gasteiger partial charge in [-0.15, -0.1) is 0 Å². The van der Waals surface area contributed by atoms with Crippen LogP contribution in [0.3, 0.4) is 0 Å². The molecular formula is C14H26IN3O. The topological polar surface area (TPSA) is 35.6 Å².